The molecule has 10 heteroatoms. The minimum Gasteiger partial charge on any atom is -0.481 e. The molecule has 1 unspecified atom stereocenters. The number of rotatable bonds is 8. The van der Waals surface area contributed by atoms with Crippen molar-refractivity contribution >= 4 is 58.2 Å². The molecule has 0 aromatic heterocycles. The van der Waals surface area contributed by atoms with Gasteiger partial charge in [0.15, 0.2) is 5.92 Å². The highest BCUT2D eigenvalue weighted by Crippen LogP contribution is 2.37. The fraction of sp³-hybridized carbons (Fsp3) is 0.316. The van der Waals surface area contributed by atoms with Crippen molar-refractivity contribution in [1.82, 2.24) is 4.90 Å². The highest BCUT2D eigenvalue weighted by molar-refractivity contribution is 8.26. The molecule has 0 radical (unpaired) electrons. The Hall–Kier alpha value is -2.72. The van der Waals surface area contributed by atoms with Crippen LogP contribution in [0.3, 0.4) is 0 Å². The van der Waals surface area contributed by atoms with E-state index in [-0.39, 0.29) is 15.6 Å². The Morgan fingerprint density at radius 3 is 2.28 bits per heavy atom. The molecule has 1 aliphatic rings. The van der Waals surface area contributed by atoms with Crippen LogP contribution < -0.4 is 4.74 Å². The highest BCUT2D eigenvalue weighted by atomic mass is 32.2. The average molecular weight is 437 g/mol. The number of nitrogens with zero attached hydrogens (tertiary/aromatic N) is 1. The van der Waals surface area contributed by atoms with E-state index in [1.54, 1.807) is 37.3 Å². The van der Waals surface area contributed by atoms with E-state index in [0.717, 1.165) is 16.7 Å². The maximum atomic E-state index is 12.9. The zero-order valence-electron chi connectivity index (χ0n) is 15.7. The van der Waals surface area contributed by atoms with E-state index in [1.165, 1.54) is 6.92 Å². The number of aliphatic carboxylic acids is 2. The van der Waals surface area contributed by atoms with Crippen LogP contribution in [0.4, 0.5) is 0 Å². The third-order valence-corrected chi connectivity index (χ3v) is 5.43. The predicted octanol–water partition coefficient (Wildman–Crippen LogP) is 2.77. The first-order chi connectivity index (χ1) is 13.6. The number of thiocarbonyl (C=S) groups is 1. The summed E-state index contributed by atoms with van der Waals surface area (Å²) in [6.45, 7) is 3.05. The summed E-state index contributed by atoms with van der Waals surface area (Å²) in [4.78, 5) is 48.2. The Labute approximate surface area is 176 Å². The van der Waals surface area contributed by atoms with Gasteiger partial charge in [0, 0.05) is 6.92 Å². The average Bonchev–Trinajstić information content (AvgIpc) is 2.88. The second kappa shape index (κ2) is 9.66. The van der Waals surface area contributed by atoms with Crippen LogP contribution in [-0.2, 0) is 19.2 Å². The van der Waals surface area contributed by atoms with Crippen molar-refractivity contribution in [2.45, 2.75) is 32.7 Å². The standard InChI is InChI=1S/C19H19NO7S2/c1-3-4-13(15(17(23)24)18(25)26)20-16(22)14(29-19(20)28)9-11-5-7-12(8-6-11)27-10(2)21/h5-9,13,15H,3-4H2,1-2H3,(H,23,24)(H,25,26). The minimum atomic E-state index is -1.78. The topological polar surface area (TPSA) is 121 Å². The molecule has 1 aliphatic heterocycles. The monoisotopic (exact) mass is 437 g/mol. The number of benzene rings is 1. The summed E-state index contributed by atoms with van der Waals surface area (Å²) in [7, 11) is 0. The van der Waals surface area contributed by atoms with Gasteiger partial charge >= 0.3 is 17.9 Å². The van der Waals surface area contributed by atoms with Crippen molar-refractivity contribution in [3.05, 3.63) is 34.7 Å². The number of amides is 1. The van der Waals surface area contributed by atoms with E-state index in [0.29, 0.717) is 17.7 Å². The van der Waals surface area contributed by atoms with Gasteiger partial charge in [-0.05, 0) is 30.2 Å². The second-order valence-corrected chi connectivity index (χ2v) is 7.90. The molecule has 0 spiro atoms. The number of ether oxygens (including phenoxy) is 1. The fourth-order valence-electron chi connectivity index (χ4n) is 2.89. The molecule has 1 aromatic carbocycles. The molecule has 1 fully saturated rings. The van der Waals surface area contributed by atoms with E-state index in [1.807, 2.05) is 0 Å². The quantitative estimate of drug-likeness (QED) is 0.208. The first kappa shape index (κ1) is 22.6. The van der Waals surface area contributed by atoms with Crippen molar-refractivity contribution in [3.63, 3.8) is 0 Å². The third kappa shape index (κ3) is 5.42. The Bertz CT molecular complexity index is 865. The van der Waals surface area contributed by atoms with E-state index in [4.69, 9.17) is 17.0 Å². The van der Waals surface area contributed by atoms with Gasteiger partial charge in [0.2, 0.25) is 0 Å². The number of thioether (sulfide) groups is 1. The molecule has 0 saturated carbocycles. The Kier molecular flexibility index (Phi) is 7.52. The molecule has 29 heavy (non-hydrogen) atoms. The second-order valence-electron chi connectivity index (χ2n) is 6.22. The van der Waals surface area contributed by atoms with Crippen LogP contribution >= 0.6 is 24.0 Å². The van der Waals surface area contributed by atoms with Crippen LogP contribution in [0.15, 0.2) is 29.2 Å². The fourth-order valence-corrected chi connectivity index (χ4v) is 4.26. The third-order valence-electron chi connectivity index (χ3n) is 4.10. The lowest BCUT2D eigenvalue weighted by Crippen LogP contribution is -2.48. The molecule has 8 nitrogen and oxygen atoms in total. The molecular formula is C19H19NO7S2. The molecule has 0 bridgehead atoms. The number of carbonyl (C=O) groups excluding carboxylic acids is 2. The van der Waals surface area contributed by atoms with Crippen molar-refractivity contribution in [2.75, 3.05) is 0 Å². The van der Waals surface area contributed by atoms with Crippen molar-refractivity contribution in [3.8, 4) is 5.75 Å². The number of hydrogen-bond acceptors (Lipinski definition) is 7. The number of carboxylic acids is 2. The Morgan fingerprint density at radius 1 is 1.21 bits per heavy atom. The van der Waals surface area contributed by atoms with Crippen LogP contribution in [0, 0.1) is 5.92 Å². The van der Waals surface area contributed by atoms with Gasteiger partial charge in [0.25, 0.3) is 5.91 Å². The first-order valence-electron chi connectivity index (χ1n) is 8.66. The van der Waals surface area contributed by atoms with Crippen LogP contribution in [0.5, 0.6) is 5.75 Å². The number of hydrogen-bond donors (Lipinski definition) is 2. The normalized spacial score (nSPS) is 16.4. The van der Waals surface area contributed by atoms with Gasteiger partial charge in [-0.3, -0.25) is 24.1 Å². The molecule has 1 heterocycles. The van der Waals surface area contributed by atoms with Crippen LogP contribution in [0.25, 0.3) is 6.08 Å². The predicted molar refractivity (Wildman–Crippen MR) is 110 cm³/mol. The summed E-state index contributed by atoms with van der Waals surface area (Å²) in [5.41, 5.74) is 0.640. The number of carbonyl (C=O) groups is 4. The maximum absolute atomic E-state index is 12.9. The molecule has 1 aromatic rings. The molecule has 1 saturated heterocycles. The zero-order valence-corrected chi connectivity index (χ0v) is 17.3. The maximum Gasteiger partial charge on any atom is 0.320 e. The summed E-state index contributed by atoms with van der Waals surface area (Å²) in [5, 5.41) is 18.7. The van der Waals surface area contributed by atoms with Gasteiger partial charge in [-0.25, -0.2) is 0 Å². The zero-order chi connectivity index (χ0) is 21.7. The van der Waals surface area contributed by atoms with Gasteiger partial charge < -0.3 is 14.9 Å². The molecule has 0 aliphatic carbocycles. The van der Waals surface area contributed by atoms with Crippen LogP contribution in [0.2, 0.25) is 0 Å². The first-order valence-corrected chi connectivity index (χ1v) is 9.89. The summed E-state index contributed by atoms with van der Waals surface area (Å²) < 4.78 is 5.07. The summed E-state index contributed by atoms with van der Waals surface area (Å²) in [6.07, 6.45) is 2.23. The van der Waals surface area contributed by atoms with Crippen LogP contribution in [0.1, 0.15) is 32.3 Å². The Balaban J connectivity index is 2.31. The van der Waals surface area contributed by atoms with Crippen molar-refractivity contribution in [2.24, 2.45) is 5.92 Å². The lowest BCUT2D eigenvalue weighted by atomic mass is 9.94. The van der Waals surface area contributed by atoms with Gasteiger partial charge in [0.05, 0.1) is 10.9 Å². The van der Waals surface area contributed by atoms with E-state index in [9.17, 15) is 29.4 Å². The number of carboxylic acid groups (broad SMARTS) is 2. The molecule has 2 rings (SSSR count). The smallest absolute Gasteiger partial charge is 0.320 e. The van der Waals surface area contributed by atoms with Gasteiger partial charge in [0.1, 0.15) is 10.1 Å². The van der Waals surface area contributed by atoms with Gasteiger partial charge in [-0.2, -0.15) is 0 Å². The van der Waals surface area contributed by atoms with E-state index in [2.05, 4.69) is 0 Å². The van der Waals surface area contributed by atoms with Gasteiger partial charge in [-0.15, -0.1) is 0 Å². The molecular weight excluding hydrogens is 418 g/mol. The SMILES string of the molecule is CCCC(C(C(=O)O)C(=O)O)N1C(=O)C(=Cc2ccc(OC(C)=O)cc2)SC1=S. The highest BCUT2D eigenvalue weighted by Gasteiger charge is 2.45. The van der Waals surface area contributed by atoms with Crippen molar-refractivity contribution < 1.29 is 34.1 Å². The lowest BCUT2D eigenvalue weighted by molar-refractivity contribution is -0.157. The summed E-state index contributed by atoms with van der Waals surface area (Å²) >= 11 is 6.23. The molecule has 2 N–H and O–H groups in total. The van der Waals surface area contributed by atoms with Crippen molar-refractivity contribution in [1.29, 1.82) is 0 Å². The summed E-state index contributed by atoms with van der Waals surface area (Å²) in [6, 6.07) is 5.34. The van der Waals surface area contributed by atoms with Crippen LogP contribution in [-0.4, -0.2) is 49.3 Å². The summed E-state index contributed by atoms with van der Waals surface area (Å²) in [5.74, 6) is -5.44. The van der Waals surface area contributed by atoms with Gasteiger partial charge in [-0.1, -0.05) is 49.5 Å². The Morgan fingerprint density at radius 2 is 1.79 bits per heavy atom. The molecule has 1 amide bonds. The molecule has 1 atom stereocenters. The lowest BCUT2D eigenvalue weighted by Gasteiger charge is -2.29. The number of esters is 1. The van der Waals surface area contributed by atoms with E-state index < -0.39 is 35.8 Å². The minimum absolute atomic E-state index is 0.115. The largest absolute Gasteiger partial charge is 0.481 e. The van der Waals surface area contributed by atoms with E-state index >= 15 is 0 Å². The molecule has 154 valence electrons.